The molecular weight excluding hydrogens is 328 g/mol. The van der Waals surface area contributed by atoms with Crippen LogP contribution in [-0.4, -0.2) is 30.4 Å². The lowest BCUT2D eigenvalue weighted by atomic mass is 9.98. The molecule has 0 atom stereocenters. The maximum atomic E-state index is 12.3. The molecule has 2 aliphatic rings. The van der Waals surface area contributed by atoms with Crippen LogP contribution in [-0.2, 0) is 6.54 Å². The lowest BCUT2D eigenvalue weighted by Crippen LogP contribution is -2.36. The molecule has 0 radical (unpaired) electrons. The van der Waals surface area contributed by atoms with Crippen molar-refractivity contribution in [3.05, 3.63) is 33.8 Å². The van der Waals surface area contributed by atoms with E-state index in [2.05, 4.69) is 27.3 Å². The zero-order chi connectivity index (χ0) is 12.5. The second kappa shape index (κ2) is 6.25. The summed E-state index contributed by atoms with van der Waals surface area (Å²) in [5.74, 6) is 0.865. The Labute approximate surface area is 128 Å². The molecule has 0 unspecified atom stereocenters. The minimum absolute atomic E-state index is 0. The molecule has 0 aliphatic carbocycles. The predicted octanol–water partition coefficient (Wildman–Crippen LogP) is 2.83. The maximum Gasteiger partial charge on any atom is 0.254 e. The van der Waals surface area contributed by atoms with Gasteiger partial charge in [0.1, 0.15) is 0 Å². The van der Waals surface area contributed by atoms with E-state index in [-0.39, 0.29) is 18.3 Å². The first-order valence-electron chi connectivity index (χ1n) is 6.52. The molecule has 5 heteroatoms. The van der Waals surface area contributed by atoms with Gasteiger partial charge < -0.3 is 10.2 Å². The number of carbonyl (C=O) groups is 1. The van der Waals surface area contributed by atoms with Crippen molar-refractivity contribution in [2.75, 3.05) is 19.6 Å². The molecule has 2 heterocycles. The van der Waals surface area contributed by atoms with E-state index in [1.165, 1.54) is 12.8 Å². The molecule has 0 aromatic heterocycles. The van der Waals surface area contributed by atoms with Crippen molar-refractivity contribution in [1.29, 1.82) is 0 Å². The quantitative estimate of drug-likeness (QED) is 0.894. The molecule has 0 bridgehead atoms. The predicted molar refractivity (Wildman–Crippen MR) is 81.7 cm³/mol. The zero-order valence-corrected chi connectivity index (χ0v) is 13.1. The largest absolute Gasteiger partial charge is 0.334 e. The Balaban J connectivity index is 0.00000133. The van der Waals surface area contributed by atoms with E-state index >= 15 is 0 Å². The van der Waals surface area contributed by atoms with Crippen LogP contribution in [0.1, 0.15) is 28.8 Å². The van der Waals surface area contributed by atoms with Crippen LogP contribution in [0.5, 0.6) is 0 Å². The number of fused-ring (bicyclic) bond motifs is 1. The number of benzene rings is 1. The zero-order valence-electron chi connectivity index (χ0n) is 10.7. The highest BCUT2D eigenvalue weighted by atomic mass is 79.9. The highest BCUT2D eigenvalue weighted by molar-refractivity contribution is 9.10. The van der Waals surface area contributed by atoms with E-state index in [0.717, 1.165) is 41.8 Å². The number of piperidine rings is 1. The Morgan fingerprint density at radius 3 is 2.79 bits per heavy atom. The van der Waals surface area contributed by atoms with Gasteiger partial charge in [0.25, 0.3) is 5.91 Å². The van der Waals surface area contributed by atoms with E-state index in [1.54, 1.807) is 0 Å². The molecule has 1 fully saturated rings. The summed E-state index contributed by atoms with van der Waals surface area (Å²) in [5.41, 5.74) is 2.04. The van der Waals surface area contributed by atoms with Gasteiger partial charge in [-0.1, -0.05) is 15.9 Å². The first-order chi connectivity index (χ1) is 8.74. The van der Waals surface area contributed by atoms with Crippen LogP contribution >= 0.6 is 28.3 Å². The van der Waals surface area contributed by atoms with Gasteiger partial charge in [0.05, 0.1) is 0 Å². The molecule has 2 aliphatic heterocycles. The van der Waals surface area contributed by atoms with Crippen molar-refractivity contribution >= 4 is 34.2 Å². The molecule has 3 nitrogen and oxygen atoms in total. The van der Waals surface area contributed by atoms with E-state index in [0.29, 0.717) is 5.92 Å². The van der Waals surface area contributed by atoms with Crippen molar-refractivity contribution in [1.82, 2.24) is 10.2 Å². The molecular formula is C14H18BrClN2O. The molecule has 0 spiro atoms. The van der Waals surface area contributed by atoms with Gasteiger partial charge in [-0.15, -0.1) is 12.4 Å². The van der Waals surface area contributed by atoms with Gasteiger partial charge in [-0.2, -0.15) is 0 Å². The van der Waals surface area contributed by atoms with Crippen LogP contribution in [0.3, 0.4) is 0 Å². The Morgan fingerprint density at radius 2 is 2.05 bits per heavy atom. The van der Waals surface area contributed by atoms with Crippen LogP contribution < -0.4 is 5.32 Å². The molecule has 19 heavy (non-hydrogen) atoms. The summed E-state index contributed by atoms with van der Waals surface area (Å²) < 4.78 is 1.05. The van der Waals surface area contributed by atoms with Gasteiger partial charge in [-0.05, 0) is 55.6 Å². The van der Waals surface area contributed by atoms with Gasteiger partial charge in [-0.25, -0.2) is 0 Å². The van der Waals surface area contributed by atoms with Gasteiger partial charge in [-0.3, -0.25) is 4.79 Å². The van der Waals surface area contributed by atoms with E-state index in [9.17, 15) is 4.79 Å². The van der Waals surface area contributed by atoms with Gasteiger partial charge in [0.2, 0.25) is 0 Å². The van der Waals surface area contributed by atoms with Crippen LogP contribution in [0.4, 0.5) is 0 Å². The van der Waals surface area contributed by atoms with Crippen LogP contribution in [0.15, 0.2) is 22.7 Å². The van der Waals surface area contributed by atoms with Crippen LogP contribution in [0.25, 0.3) is 0 Å². The van der Waals surface area contributed by atoms with Crippen LogP contribution in [0.2, 0.25) is 0 Å². The monoisotopic (exact) mass is 344 g/mol. The Morgan fingerprint density at radius 1 is 1.32 bits per heavy atom. The summed E-state index contributed by atoms with van der Waals surface area (Å²) in [6.45, 7) is 3.86. The summed E-state index contributed by atoms with van der Waals surface area (Å²) in [4.78, 5) is 14.3. The van der Waals surface area contributed by atoms with Gasteiger partial charge in [0, 0.05) is 23.1 Å². The van der Waals surface area contributed by atoms with Gasteiger partial charge >= 0.3 is 0 Å². The van der Waals surface area contributed by atoms with Crippen LogP contribution in [0, 0.1) is 5.92 Å². The normalized spacial score (nSPS) is 19.2. The van der Waals surface area contributed by atoms with E-state index < -0.39 is 0 Å². The summed E-state index contributed by atoms with van der Waals surface area (Å²) in [6, 6.07) is 5.95. The number of amides is 1. The molecule has 1 amide bonds. The third-order valence-electron chi connectivity index (χ3n) is 3.88. The van der Waals surface area contributed by atoms with E-state index in [4.69, 9.17) is 0 Å². The van der Waals surface area contributed by atoms with Gasteiger partial charge in [0.15, 0.2) is 0 Å². The average molecular weight is 346 g/mol. The fourth-order valence-corrected chi connectivity index (χ4v) is 3.28. The second-order valence-electron chi connectivity index (χ2n) is 5.18. The highest BCUT2D eigenvalue weighted by Gasteiger charge is 2.29. The SMILES string of the molecule is Cl.O=C1c2ccc(Br)cc2CN1CC1CCNCC1. The average Bonchev–Trinajstić information content (AvgIpc) is 2.67. The summed E-state index contributed by atoms with van der Waals surface area (Å²) >= 11 is 3.47. The van der Waals surface area contributed by atoms with Crippen molar-refractivity contribution in [2.45, 2.75) is 19.4 Å². The Kier molecular flexibility index (Phi) is 4.87. The number of hydrogen-bond acceptors (Lipinski definition) is 2. The molecule has 1 N–H and O–H groups in total. The topological polar surface area (TPSA) is 32.3 Å². The minimum atomic E-state index is 0. The Hall–Kier alpha value is -0.580. The number of rotatable bonds is 2. The summed E-state index contributed by atoms with van der Waals surface area (Å²) in [7, 11) is 0. The fourth-order valence-electron chi connectivity index (χ4n) is 2.87. The standard InChI is InChI=1S/C14H17BrN2O.ClH/c15-12-1-2-13-11(7-12)9-17(14(13)18)8-10-3-5-16-6-4-10;/h1-2,7,10,16H,3-6,8-9H2;1H. The lowest BCUT2D eigenvalue weighted by Gasteiger charge is -2.27. The van der Waals surface area contributed by atoms with Crippen molar-refractivity contribution in [2.24, 2.45) is 5.92 Å². The number of nitrogens with zero attached hydrogens (tertiary/aromatic N) is 1. The molecule has 0 saturated carbocycles. The van der Waals surface area contributed by atoms with Crippen molar-refractivity contribution in [3.8, 4) is 0 Å². The first kappa shape index (κ1) is 14.8. The first-order valence-corrected chi connectivity index (χ1v) is 7.32. The molecule has 1 aromatic rings. The second-order valence-corrected chi connectivity index (χ2v) is 6.10. The lowest BCUT2D eigenvalue weighted by molar-refractivity contribution is 0.0740. The summed E-state index contributed by atoms with van der Waals surface area (Å²) in [6.07, 6.45) is 2.37. The third kappa shape index (κ3) is 3.12. The number of halogens is 2. The molecule has 1 saturated heterocycles. The minimum Gasteiger partial charge on any atom is -0.334 e. The maximum absolute atomic E-state index is 12.3. The molecule has 1 aromatic carbocycles. The highest BCUT2D eigenvalue weighted by Crippen LogP contribution is 2.27. The number of carbonyl (C=O) groups excluding carboxylic acids is 1. The molecule has 3 rings (SSSR count). The Bertz CT molecular complexity index is 475. The van der Waals surface area contributed by atoms with Crippen molar-refractivity contribution < 1.29 is 4.79 Å². The number of nitrogens with one attached hydrogen (secondary N) is 1. The summed E-state index contributed by atoms with van der Waals surface area (Å²) in [5, 5.41) is 3.37. The van der Waals surface area contributed by atoms with Crippen molar-refractivity contribution in [3.63, 3.8) is 0 Å². The smallest absolute Gasteiger partial charge is 0.254 e. The molecule has 104 valence electrons. The fraction of sp³-hybridized carbons (Fsp3) is 0.500. The van der Waals surface area contributed by atoms with E-state index in [1.807, 2.05) is 17.0 Å². The third-order valence-corrected chi connectivity index (χ3v) is 4.38. The number of hydrogen-bond donors (Lipinski definition) is 1.